The van der Waals surface area contributed by atoms with E-state index >= 15 is 0 Å². The Morgan fingerprint density at radius 1 is 1.25 bits per heavy atom. The van der Waals surface area contributed by atoms with E-state index in [4.69, 9.17) is 21.3 Å². The first-order valence-corrected chi connectivity index (χ1v) is 0.828. The molecule has 0 spiro atoms. The Morgan fingerprint density at radius 3 is 1.25 bits per heavy atom. The Hall–Kier alpha value is 1.96. The van der Waals surface area contributed by atoms with Gasteiger partial charge in [0, 0.05) is 0 Å². The molecule has 0 aliphatic heterocycles. The number of hydrogen-bond donors (Lipinski definition) is 0. The van der Waals surface area contributed by atoms with Crippen LogP contribution in [0, 0.1) is 0 Å². The second-order valence-corrected chi connectivity index (χ2v) is 0.181. The maximum absolute atomic E-state index is 8.24. The standard InChI is InChI=1S/CNO.2K.N3/c2-1-3;;;1-3-2/q-1;2*+1;-1. The van der Waals surface area contributed by atoms with Crippen LogP contribution in [0.3, 0.4) is 0 Å². The van der Waals surface area contributed by atoms with Crippen molar-refractivity contribution in [2.45, 2.75) is 0 Å². The van der Waals surface area contributed by atoms with Gasteiger partial charge in [0.15, 0.2) is 0 Å². The first-order valence-electron chi connectivity index (χ1n) is 0.828. The van der Waals surface area contributed by atoms with E-state index in [-0.39, 0.29) is 103 Å². The Labute approximate surface area is 131 Å². The van der Waals surface area contributed by atoms with E-state index in [1.54, 1.807) is 0 Å². The maximum Gasteiger partial charge on any atom is 1.00 e. The number of hydrogen-bond acceptors (Lipinski definition) is 1. The van der Waals surface area contributed by atoms with Gasteiger partial charge in [0.05, 0.1) is 0 Å². The minimum atomic E-state index is 0. The van der Waals surface area contributed by atoms with Gasteiger partial charge in [-0.1, -0.05) is 0 Å². The fourth-order valence-corrected chi connectivity index (χ4v) is 0. The van der Waals surface area contributed by atoms with E-state index in [0.29, 0.717) is 6.08 Å². The summed E-state index contributed by atoms with van der Waals surface area (Å²) in [6, 6.07) is 0. The summed E-state index contributed by atoms with van der Waals surface area (Å²) in [4.78, 5) is 9.74. The third-order valence-electron chi connectivity index (χ3n) is 0. The molecule has 32 valence electrons. The van der Waals surface area contributed by atoms with Gasteiger partial charge in [-0.15, -0.1) is 0 Å². The first-order chi connectivity index (χ1) is 2.83. The van der Waals surface area contributed by atoms with Gasteiger partial charge in [0.2, 0.25) is 0 Å². The van der Waals surface area contributed by atoms with E-state index < -0.39 is 0 Å². The van der Waals surface area contributed by atoms with Gasteiger partial charge in [-0.25, -0.2) is 0 Å². The van der Waals surface area contributed by atoms with Gasteiger partial charge in [0.1, 0.15) is 0 Å². The van der Waals surface area contributed by atoms with Gasteiger partial charge in [-0.2, -0.15) is 0 Å². The quantitative estimate of drug-likeness (QED) is 0.0872. The molecule has 0 atom stereocenters. The van der Waals surface area contributed by atoms with Gasteiger partial charge in [0.25, 0.3) is 0 Å². The molecule has 7 heteroatoms. The van der Waals surface area contributed by atoms with Crippen LogP contribution in [-0.2, 0) is 4.79 Å². The largest absolute Gasteiger partial charge is 1.00 e. The van der Waals surface area contributed by atoms with Gasteiger partial charge < -0.3 is 16.5 Å². The SMILES string of the molecule is [K+].[K+].[N-]=C=O.[N-]=[N+]=[N-]. The summed E-state index contributed by atoms with van der Waals surface area (Å²) in [5, 5.41) is 6.76. The van der Waals surface area contributed by atoms with E-state index in [1.165, 1.54) is 4.91 Å². The number of nitrogens with zero attached hydrogens (tertiary/aromatic N) is 4. The van der Waals surface area contributed by atoms with Gasteiger partial charge >= 0.3 is 103 Å². The average molecular weight is 162 g/mol. The maximum atomic E-state index is 8.24. The minimum Gasteiger partial charge on any atom is -0.724 e. The van der Waals surface area contributed by atoms with Crippen LogP contribution in [0.1, 0.15) is 0 Å². The van der Waals surface area contributed by atoms with Crippen molar-refractivity contribution in [3.8, 4) is 0 Å². The van der Waals surface area contributed by atoms with Crippen LogP contribution < -0.4 is 103 Å². The van der Waals surface area contributed by atoms with Crippen molar-refractivity contribution in [3.63, 3.8) is 0 Å². The van der Waals surface area contributed by atoms with Crippen molar-refractivity contribution >= 4 is 6.08 Å². The molecule has 0 aromatic carbocycles. The molecule has 8 heavy (non-hydrogen) atoms. The molecule has 0 fully saturated rings. The average Bonchev–Trinajstić information content (AvgIpc) is 1.39. The number of isocyanates is 1. The smallest absolute Gasteiger partial charge is 0.724 e. The summed E-state index contributed by atoms with van der Waals surface area (Å²) in [5.74, 6) is 0. The molecule has 5 nitrogen and oxygen atoms in total. The molecule has 0 rings (SSSR count). The molecule has 0 aliphatic carbocycles. The molecule has 0 N–H and O–H groups in total. The summed E-state index contributed by atoms with van der Waals surface area (Å²) in [6.07, 6.45) is 0.500. The van der Waals surface area contributed by atoms with Crippen LogP contribution in [-0.4, -0.2) is 6.08 Å². The van der Waals surface area contributed by atoms with Gasteiger partial charge in [-0.3, -0.25) is 9.71 Å². The van der Waals surface area contributed by atoms with Crippen LogP contribution in [0.15, 0.2) is 0 Å². The van der Waals surface area contributed by atoms with Crippen LogP contribution in [0.25, 0.3) is 21.4 Å². The Morgan fingerprint density at radius 2 is 1.25 bits per heavy atom. The van der Waals surface area contributed by atoms with E-state index in [9.17, 15) is 0 Å². The fraction of sp³-hybridized carbons (Fsp3) is 0. The Balaban J connectivity index is -0.0000000160. The van der Waals surface area contributed by atoms with E-state index in [1.807, 2.05) is 0 Å². The van der Waals surface area contributed by atoms with Crippen molar-refractivity contribution in [2.24, 2.45) is 0 Å². The second kappa shape index (κ2) is 36.2. The zero-order valence-electron chi connectivity index (χ0n) is 4.70. The van der Waals surface area contributed by atoms with Crippen molar-refractivity contribution in [3.05, 3.63) is 21.4 Å². The number of rotatable bonds is 0. The predicted octanol–water partition coefficient (Wildman–Crippen LogP) is -5.23. The molecule has 0 bridgehead atoms. The van der Waals surface area contributed by atoms with Crippen molar-refractivity contribution in [2.75, 3.05) is 0 Å². The minimum absolute atomic E-state index is 0. The van der Waals surface area contributed by atoms with Crippen LogP contribution in [0.5, 0.6) is 0 Å². The molecule has 0 unspecified atom stereocenters. The summed E-state index contributed by atoms with van der Waals surface area (Å²) in [7, 11) is 0. The zero-order valence-corrected chi connectivity index (χ0v) is 10.9. The predicted molar refractivity (Wildman–Crippen MR) is 19.1 cm³/mol. The Bertz CT molecular complexity index is 68.0. The van der Waals surface area contributed by atoms with Gasteiger partial charge in [-0.05, 0) is 6.08 Å². The fourth-order valence-electron chi connectivity index (χ4n) is 0. The summed E-state index contributed by atoms with van der Waals surface area (Å²) in [6.45, 7) is 0. The molecule has 0 radical (unpaired) electrons. The molecule has 0 saturated carbocycles. The molecule has 0 aromatic heterocycles. The van der Waals surface area contributed by atoms with Crippen molar-refractivity contribution in [1.82, 2.24) is 0 Å². The van der Waals surface area contributed by atoms with E-state index in [2.05, 4.69) is 0 Å². The topological polar surface area (TPSA) is 98.1 Å². The molecule has 0 amide bonds. The summed E-state index contributed by atoms with van der Waals surface area (Å²) < 4.78 is 0. The molecule has 0 aromatic rings. The normalized spacial score (nSPS) is 2.00. The van der Waals surface area contributed by atoms with Crippen molar-refractivity contribution < 1.29 is 108 Å². The monoisotopic (exact) mass is 162 g/mol. The van der Waals surface area contributed by atoms with Crippen molar-refractivity contribution in [1.29, 1.82) is 0 Å². The molecular weight excluding hydrogens is 162 g/mol. The zero-order chi connectivity index (χ0) is 5.41. The van der Waals surface area contributed by atoms with Crippen LogP contribution in [0.2, 0.25) is 0 Å². The molecule has 0 aliphatic rings. The van der Waals surface area contributed by atoms with Crippen LogP contribution in [0.4, 0.5) is 0 Å². The first kappa shape index (κ1) is 22.5. The molecular formula is CK2N4O. The molecule has 0 heterocycles. The molecule has 0 saturated heterocycles. The third kappa shape index (κ3) is 100. The van der Waals surface area contributed by atoms with Crippen LogP contribution >= 0.6 is 0 Å². The summed E-state index contributed by atoms with van der Waals surface area (Å²) in [5.41, 5.74) is 13.5. The summed E-state index contributed by atoms with van der Waals surface area (Å²) >= 11 is 0. The number of carbonyl (C=O) groups excluding carboxylic acids is 1. The van der Waals surface area contributed by atoms with E-state index in [0.717, 1.165) is 0 Å². The second-order valence-electron chi connectivity index (χ2n) is 0.181. The Kier molecular flexibility index (Phi) is 102. The third-order valence-corrected chi connectivity index (χ3v) is 0.